The smallest absolute Gasteiger partial charge is 0.326 e. The molecule has 0 aromatic heterocycles. The van der Waals surface area contributed by atoms with E-state index in [-0.39, 0.29) is 18.7 Å². The molecule has 9 nitrogen and oxygen atoms in total. The van der Waals surface area contributed by atoms with E-state index >= 15 is 0 Å². The molecule has 1 rings (SSSR count). The van der Waals surface area contributed by atoms with Crippen LogP contribution in [-0.2, 0) is 20.8 Å². The van der Waals surface area contributed by atoms with Gasteiger partial charge in [0.05, 0.1) is 6.04 Å². The number of carbonyl (C=O) groups excluding carboxylic acids is 2. The lowest BCUT2D eigenvalue weighted by Crippen LogP contribution is -2.56. The van der Waals surface area contributed by atoms with Crippen molar-refractivity contribution in [2.45, 2.75) is 160 Å². The number of carboxylic acids is 1. The fourth-order valence-corrected chi connectivity index (χ4v) is 5.82. The number of carbonyl (C=O) groups is 3. The standard InChI is InChI=1S/C39H69N5O4/c1-2-3-4-5-6-7-8-9-10-11-12-13-14-15-16-24-31-42-34(27-20-22-29-40)37(45)44-36(32-33-25-18-17-19-26-33)38(46)43-35(39(47)48)28-21-23-30-41/h9-10,17-19,25-26,34-36,42H,2-8,11-16,20-24,27-32,40-41H2,1H3,(H,43,46)(H,44,45)(H,47,48)/b10-9+/t34-,35-,36-/m0/s1. The van der Waals surface area contributed by atoms with Crippen molar-refractivity contribution in [2.24, 2.45) is 11.5 Å². The van der Waals surface area contributed by atoms with E-state index in [1.54, 1.807) is 0 Å². The molecule has 0 aliphatic carbocycles. The third kappa shape index (κ3) is 22.8. The van der Waals surface area contributed by atoms with Crippen molar-refractivity contribution in [1.29, 1.82) is 0 Å². The van der Waals surface area contributed by atoms with E-state index in [0.29, 0.717) is 32.4 Å². The van der Waals surface area contributed by atoms with Crippen LogP contribution >= 0.6 is 0 Å². The molecule has 3 atom stereocenters. The second-order valence-electron chi connectivity index (χ2n) is 13.2. The Hall–Kier alpha value is -2.75. The summed E-state index contributed by atoms with van der Waals surface area (Å²) in [6, 6.07) is 7.05. The molecule has 0 unspecified atom stereocenters. The highest BCUT2D eigenvalue weighted by Crippen LogP contribution is 2.11. The van der Waals surface area contributed by atoms with Crippen LogP contribution in [0.25, 0.3) is 0 Å². The second kappa shape index (κ2) is 30.3. The molecule has 0 aliphatic heterocycles. The number of nitrogens with two attached hydrogens (primary N) is 2. The zero-order valence-electron chi connectivity index (χ0n) is 30.1. The molecule has 274 valence electrons. The first kappa shape index (κ1) is 43.3. The highest BCUT2D eigenvalue weighted by atomic mass is 16.4. The van der Waals surface area contributed by atoms with Crippen LogP contribution in [0, 0.1) is 0 Å². The first-order valence-corrected chi connectivity index (χ1v) is 19.1. The molecule has 0 saturated heterocycles. The number of unbranched alkanes of at least 4 members (excludes halogenated alkanes) is 14. The lowest BCUT2D eigenvalue weighted by atomic mass is 10.0. The fourth-order valence-electron chi connectivity index (χ4n) is 5.82. The van der Waals surface area contributed by atoms with Crippen LogP contribution < -0.4 is 27.4 Å². The summed E-state index contributed by atoms with van der Waals surface area (Å²) in [5.74, 6) is -1.84. The molecule has 2 amide bonds. The number of nitrogens with one attached hydrogen (secondary N) is 3. The first-order chi connectivity index (χ1) is 23.4. The Balaban J connectivity index is 2.54. The van der Waals surface area contributed by atoms with Crippen molar-refractivity contribution in [2.75, 3.05) is 19.6 Å². The van der Waals surface area contributed by atoms with Gasteiger partial charge in [0.2, 0.25) is 11.8 Å². The summed E-state index contributed by atoms with van der Waals surface area (Å²) in [6.45, 7) is 4.00. The third-order valence-corrected chi connectivity index (χ3v) is 8.82. The SMILES string of the molecule is CCCCCCCC/C=C/CCCCCCCCN[C@@H](CCCCN)C(=O)N[C@@H](Cc1ccccc1)C(=O)N[C@@H](CCCCN)C(=O)O. The van der Waals surface area contributed by atoms with Crippen LogP contribution in [0.5, 0.6) is 0 Å². The summed E-state index contributed by atoms with van der Waals surface area (Å²) in [7, 11) is 0. The van der Waals surface area contributed by atoms with Crippen LogP contribution in [0.15, 0.2) is 42.5 Å². The van der Waals surface area contributed by atoms with Gasteiger partial charge in [0, 0.05) is 6.42 Å². The molecule has 1 aromatic rings. The van der Waals surface area contributed by atoms with Crippen LogP contribution in [0.3, 0.4) is 0 Å². The maximum absolute atomic E-state index is 13.6. The highest BCUT2D eigenvalue weighted by Gasteiger charge is 2.28. The molecule has 48 heavy (non-hydrogen) atoms. The van der Waals surface area contributed by atoms with Gasteiger partial charge in [-0.3, -0.25) is 9.59 Å². The van der Waals surface area contributed by atoms with Gasteiger partial charge in [0.1, 0.15) is 12.1 Å². The van der Waals surface area contributed by atoms with Gasteiger partial charge in [0.25, 0.3) is 0 Å². The summed E-state index contributed by atoms with van der Waals surface area (Å²) in [5, 5.41) is 18.7. The molecule has 1 aromatic carbocycles. The molecule has 0 aliphatic rings. The highest BCUT2D eigenvalue weighted by molar-refractivity contribution is 5.92. The average molecular weight is 672 g/mol. The van der Waals surface area contributed by atoms with Gasteiger partial charge in [-0.25, -0.2) is 4.79 Å². The maximum atomic E-state index is 13.6. The monoisotopic (exact) mass is 672 g/mol. The number of allylic oxidation sites excluding steroid dienone is 2. The molecule has 0 heterocycles. The molecular weight excluding hydrogens is 602 g/mol. The number of carboxylic acid groups (broad SMARTS) is 1. The minimum absolute atomic E-state index is 0.248. The summed E-state index contributed by atoms with van der Waals surface area (Å²) < 4.78 is 0. The van der Waals surface area contributed by atoms with Crippen molar-refractivity contribution in [3.63, 3.8) is 0 Å². The minimum Gasteiger partial charge on any atom is -0.480 e. The Kier molecular flexibility index (Phi) is 27.3. The normalized spacial score (nSPS) is 13.3. The molecule has 9 heteroatoms. The van der Waals surface area contributed by atoms with E-state index in [2.05, 4.69) is 35.0 Å². The van der Waals surface area contributed by atoms with Gasteiger partial charge in [-0.15, -0.1) is 0 Å². The predicted octanol–water partition coefficient (Wildman–Crippen LogP) is 6.54. The lowest BCUT2D eigenvalue weighted by molar-refractivity contribution is -0.142. The van der Waals surface area contributed by atoms with Crippen molar-refractivity contribution < 1.29 is 19.5 Å². The number of hydrogen-bond donors (Lipinski definition) is 6. The molecule has 0 radical (unpaired) electrons. The van der Waals surface area contributed by atoms with Crippen LogP contribution in [-0.4, -0.2) is 60.6 Å². The maximum Gasteiger partial charge on any atom is 0.326 e. The second-order valence-corrected chi connectivity index (χ2v) is 13.2. The summed E-state index contributed by atoms with van der Waals surface area (Å²) in [5.41, 5.74) is 12.2. The van der Waals surface area contributed by atoms with E-state index in [0.717, 1.165) is 37.8 Å². The van der Waals surface area contributed by atoms with E-state index in [1.807, 2.05) is 30.3 Å². The number of amides is 2. The van der Waals surface area contributed by atoms with Gasteiger partial charge in [-0.1, -0.05) is 114 Å². The summed E-state index contributed by atoms with van der Waals surface area (Å²) >= 11 is 0. The van der Waals surface area contributed by atoms with Crippen LogP contribution in [0.2, 0.25) is 0 Å². The van der Waals surface area contributed by atoms with Gasteiger partial charge in [-0.05, 0) is 89.4 Å². The molecule has 0 bridgehead atoms. The lowest BCUT2D eigenvalue weighted by Gasteiger charge is -2.25. The van der Waals surface area contributed by atoms with Gasteiger partial charge < -0.3 is 32.5 Å². The zero-order valence-corrected chi connectivity index (χ0v) is 30.1. The Morgan fingerprint density at radius 3 is 1.71 bits per heavy atom. The number of aliphatic carboxylic acids is 1. The molecule has 0 spiro atoms. The average Bonchev–Trinajstić information content (AvgIpc) is 3.08. The van der Waals surface area contributed by atoms with E-state index in [4.69, 9.17) is 11.5 Å². The van der Waals surface area contributed by atoms with Crippen LogP contribution in [0.1, 0.15) is 141 Å². The largest absolute Gasteiger partial charge is 0.480 e. The Bertz CT molecular complexity index is 974. The van der Waals surface area contributed by atoms with Gasteiger partial charge >= 0.3 is 5.97 Å². The minimum atomic E-state index is -1.10. The van der Waals surface area contributed by atoms with Crippen molar-refractivity contribution in [1.82, 2.24) is 16.0 Å². The third-order valence-electron chi connectivity index (χ3n) is 8.82. The zero-order chi connectivity index (χ0) is 35.1. The molecular formula is C39H69N5O4. The number of benzene rings is 1. The Labute approximate surface area is 291 Å². The van der Waals surface area contributed by atoms with Gasteiger partial charge in [0.15, 0.2) is 0 Å². The Morgan fingerprint density at radius 2 is 1.15 bits per heavy atom. The summed E-state index contributed by atoms with van der Waals surface area (Å²) in [4.78, 5) is 38.8. The molecule has 0 fully saturated rings. The summed E-state index contributed by atoms with van der Waals surface area (Å²) in [6.07, 6.45) is 26.2. The first-order valence-electron chi connectivity index (χ1n) is 19.1. The van der Waals surface area contributed by atoms with E-state index in [9.17, 15) is 19.5 Å². The fraction of sp³-hybridized carbons (Fsp3) is 0.718. The molecule has 8 N–H and O–H groups in total. The topological polar surface area (TPSA) is 160 Å². The van der Waals surface area contributed by atoms with Crippen molar-refractivity contribution in [3.05, 3.63) is 48.0 Å². The number of hydrogen-bond acceptors (Lipinski definition) is 6. The quantitative estimate of drug-likeness (QED) is 0.0375. The van der Waals surface area contributed by atoms with Crippen molar-refractivity contribution in [3.8, 4) is 0 Å². The van der Waals surface area contributed by atoms with Crippen LogP contribution in [0.4, 0.5) is 0 Å². The number of rotatable bonds is 32. The predicted molar refractivity (Wildman–Crippen MR) is 199 cm³/mol. The van der Waals surface area contributed by atoms with Crippen molar-refractivity contribution >= 4 is 17.8 Å². The van der Waals surface area contributed by atoms with E-state index in [1.165, 1.54) is 77.0 Å². The molecule has 0 saturated carbocycles. The van der Waals surface area contributed by atoms with E-state index < -0.39 is 30.0 Å². The van der Waals surface area contributed by atoms with Gasteiger partial charge in [-0.2, -0.15) is 0 Å². The Morgan fingerprint density at radius 1 is 0.646 bits per heavy atom.